The summed E-state index contributed by atoms with van der Waals surface area (Å²) in [7, 11) is 1.63. The van der Waals surface area contributed by atoms with Gasteiger partial charge in [0.05, 0.1) is 26.4 Å². The van der Waals surface area contributed by atoms with Crippen molar-refractivity contribution in [2.75, 3.05) is 25.6 Å². The van der Waals surface area contributed by atoms with Crippen LogP contribution in [0.4, 0.5) is 5.69 Å². The zero-order valence-electron chi connectivity index (χ0n) is 14.3. The average molecular weight is 331 g/mol. The third-order valence-electron chi connectivity index (χ3n) is 4.07. The van der Waals surface area contributed by atoms with E-state index in [0.29, 0.717) is 19.6 Å². The van der Waals surface area contributed by atoms with Gasteiger partial charge in [-0.05, 0) is 31.5 Å². The van der Waals surface area contributed by atoms with E-state index in [9.17, 15) is 4.79 Å². The lowest BCUT2D eigenvalue weighted by Crippen LogP contribution is -2.45. The molecule has 2 rings (SSSR count). The van der Waals surface area contributed by atoms with Crippen molar-refractivity contribution in [2.45, 2.75) is 25.5 Å². The molecular weight excluding hydrogens is 306 g/mol. The van der Waals surface area contributed by atoms with E-state index < -0.39 is 6.04 Å². The van der Waals surface area contributed by atoms with Crippen LogP contribution >= 0.6 is 0 Å². The molecular formula is C19H25NO4. The summed E-state index contributed by atoms with van der Waals surface area (Å²) in [5.41, 5.74) is 1.81. The van der Waals surface area contributed by atoms with Crippen LogP contribution < -0.4 is 10.1 Å². The SMILES string of the molecule is C=CCO[C@H]1c2cc(OC)ccc2N[C@H](C(=O)OCC)[C@@H]1CC=C. The second-order valence-electron chi connectivity index (χ2n) is 5.56. The molecule has 1 aromatic rings. The zero-order chi connectivity index (χ0) is 17.5. The number of hydrogen-bond acceptors (Lipinski definition) is 5. The highest BCUT2D eigenvalue weighted by Gasteiger charge is 2.41. The third kappa shape index (κ3) is 3.79. The van der Waals surface area contributed by atoms with Gasteiger partial charge in [-0.25, -0.2) is 4.79 Å². The highest BCUT2D eigenvalue weighted by Crippen LogP contribution is 2.42. The molecule has 0 radical (unpaired) electrons. The van der Waals surface area contributed by atoms with E-state index in [-0.39, 0.29) is 18.0 Å². The van der Waals surface area contributed by atoms with Crippen molar-refractivity contribution >= 4 is 11.7 Å². The molecule has 1 aliphatic heterocycles. The van der Waals surface area contributed by atoms with Crippen molar-refractivity contribution in [2.24, 2.45) is 5.92 Å². The normalized spacial score (nSPS) is 22.0. The molecule has 0 aliphatic carbocycles. The molecule has 0 saturated carbocycles. The number of hydrogen-bond donors (Lipinski definition) is 1. The molecule has 24 heavy (non-hydrogen) atoms. The molecule has 1 heterocycles. The van der Waals surface area contributed by atoms with Gasteiger partial charge in [-0.1, -0.05) is 12.2 Å². The van der Waals surface area contributed by atoms with Gasteiger partial charge in [0.1, 0.15) is 11.8 Å². The maximum Gasteiger partial charge on any atom is 0.328 e. The van der Waals surface area contributed by atoms with Crippen molar-refractivity contribution in [1.82, 2.24) is 0 Å². The monoisotopic (exact) mass is 331 g/mol. The van der Waals surface area contributed by atoms with Crippen LogP contribution in [-0.2, 0) is 14.3 Å². The molecule has 0 bridgehead atoms. The van der Waals surface area contributed by atoms with Crippen molar-refractivity contribution < 1.29 is 19.0 Å². The highest BCUT2D eigenvalue weighted by atomic mass is 16.5. The van der Waals surface area contributed by atoms with Gasteiger partial charge in [-0.15, -0.1) is 13.2 Å². The molecule has 1 aromatic carbocycles. The minimum absolute atomic E-state index is 0.124. The summed E-state index contributed by atoms with van der Waals surface area (Å²) in [6, 6.07) is 5.20. The molecule has 1 N–H and O–H groups in total. The molecule has 1 aliphatic rings. The molecule has 5 heteroatoms. The largest absolute Gasteiger partial charge is 0.497 e. The van der Waals surface area contributed by atoms with Gasteiger partial charge in [-0.3, -0.25) is 0 Å². The average Bonchev–Trinajstić information content (AvgIpc) is 2.60. The van der Waals surface area contributed by atoms with Gasteiger partial charge in [0.15, 0.2) is 0 Å². The lowest BCUT2D eigenvalue weighted by molar-refractivity contribution is -0.147. The van der Waals surface area contributed by atoms with Crippen molar-refractivity contribution in [3.8, 4) is 5.75 Å². The van der Waals surface area contributed by atoms with E-state index in [1.165, 1.54) is 0 Å². The summed E-state index contributed by atoms with van der Waals surface area (Å²) in [5.74, 6) is 0.341. The molecule has 130 valence electrons. The predicted molar refractivity (Wildman–Crippen MR) is 94.2 cm³/mol. The number of rotatable bonds is 8. The minimum Gasteiger partial charge on any atom is -0.497 e. The number of carbonyl (C=O) groups excluding carboxylic acids is 1. The molecule has 0 spiro atoms. The number of methoxy groups -OCH3 is 1. The van der Waals surface area contributed by atoms with Crippen molar-refractivity contribution in [1.29, 1.82) is 0 Å². The smallest absolute Gasteiger partial charge is 0.328 e. The van der Waals surface area contributed by atoms with E-state index in [1.807, 2.05) is 18.2 Å². The van der Waals surface area contributed by atoms with Crippen LogP contribution in [0.2, 0.25) is 0 Å². The fourth-order valence-electron chi connectivity index (χ4n) is 3.02. The van der Waals surface area contributed by atoms with E-state index in [4.69, 9.17) is 14.2 Å². The van der Waals surface area contributed by atoms with E-state index in [2.05, 4.69) is 18.5 Å². The van der Waals surface area contributed by atoms with Gasteiger partial charge >= 0.3 is 5.97 Å². The second kappa shape index (κ2) is 8.55. The Balaban J connectivity index is 2.44. The molecule has 0 aromatic heterocycles. The van der Waals surface area contributed by atoms with Crippen LogP contribution in [0.15, 0.2) is 43.5 Å². The molecule has 0 saturated heterocycles. The van der Waals surface area contributed by atoms with Gasteiger partial charge < -0.3 is 19.5 Å². The Hall–Kier alpha value is -2.27. The van der Waals surface area contributed by atoms with Crippen LogP contribution in [0.25, 0.3) is 0 Å². The molecule has 0 amide bonds. The maximum atomic E-state index is 12.4. The van der Waals surface area contributed by atoms with E-state index in [1.54, 1.807) is 26.2 Å². The lowest BCUT2D eigenvalue weighted by Gasteiger charge is -2.39. The first kappa shape index (κ1) is 18.1. The van der Waals surface area contributed by atoms with Crippen LogP contribution in [0.3, 0.4) is 0 Å². The number of esters is 1. The third-order valence-corrected chi connectivity index (χ3v) is 4.07. The summed E-state index contributed by atoms with van der Waals surface area (Å²) in [5, 5.41) is 3.29. The zero-order valence-corrected chi connectivity index (χ0v) is 14.3. The molecule has 0 unspecified atom stereocenters. The van der Waals surface area contributed by atoms with Gasteiger partial charge in [0, 0.05) is 17.2 Å². The van der Waals surface area contributed by atoms with E-state index in [0.717, 1.165) is 17.0 Å². The summed E-state index contributed by atoms with van der Waals surface area (Å²) >= 11 is 0. The Morgan fingerprint density at radius 3 is 2.75 bits per heavy atom. The number of allylic oxidation sites excluding steroid dienone is 1. The van der Waals surface area contributed by atoms with Crippen LogP contribution in [0.1, 0.15) is 25.0 Å². The lowest BCUT2D eigenvalue weighted by atomic mass is 9.82. The van der Waals surface area contributed by atoms with E-state index >= 15 is 0 Å². The molecule has 0 fully saturated rings. The Morgan fingerprint density at radius 2 is 2.12 bits per heavy atom. The van der Waals surface area contributed by atoms with Crippen LogP contribution in [0.5, 0.6) is 5.75 Å². The standard InChI is InChI=1S/C19H25NO4/c1-5-8-14-17(19(21)23-7-3)20-16-10-9-13(22-4)12-15(16)18(14)24-11-6-2/h5-6,9-10,12,14,17-18,20H,1-2,7-8,11H2,3-4H3/t14-,17-,18+/m0/s1. The first-order valence-corrected chi connectivity index (χ1v) is 8.10. The van der Waals surface area contributed by atoms with Gasteiger partial charge in [0.25, 0.3) is 0 Å². The Kier molecular flexibility index (Phi) is 6.44. The highest BCUT2D eigenvalue weighted by molar-refractivity contribution is 5.81. The summed E-state index contributed by atoms with van der Waals surface area (Å²) in [4.78, 5) is 12.4. The quantitative estimate of drug-likeness (QED) is 0.584. The Labute approximate surface area is 143 Å². The number of anilines is 1. The minimum atomic E-state index is -0.487. The Bertz CT molecular complexity index is 599. The number of ether oxygens (including phenoxy) is 3. The predicted octanol–water partition coefficient (Wildman–Crippen LogP) is 3.49. The Morgan fingerprint density at radius 1 is 1.33 bits per heavy atom. The van der Waals surface area contributed by atoms with Crippen LogP contribution in [0, 0.1) is 5.92 Å². The summed E-state index contributed by atoms with van der Waals surface area (Å²) in [6.45, 7) is 10.1. The first-order valence-electron chi connectivity index (χ1n) is 8.10. The van der Waals surface area contributed by atoms with Crippen molar-refractivity contribution in [3.05, 3.63) is 49.1 Å². The fraction of sp³-hybridized carbons (Fsp3) is 0.421. The summed E-state index contributed by atoms with van der Waals surface area (Å²) in [6.07, 6.45) is 3.84. The van der Waals surface area contributed by atoms with Crippen molar-refractivity contribution in [3.63, 3.8) is 0 Å². The summed E-state index contributed by atoms with van der Waals surface area (Å²) < 4.78 is 16.6. The maximum absolute atomic E-state index is 12.4. The van der Waals surface area contributed by atoms with Crippen LogP contribution in [-0.4, -0.2) is 32.3 Å². The topological polar surface area (TPSA) is 56.8 Å². The number of nitrogens with one attached hydrogen (secondary N) is 1. The number of benzene rings is 1. The van der Waals surface area contributed by atoms with Gasteiger partial charge in [-0.2, -0.15) is 0 Å². The molecule has 5 nitrogen and oxygen atoms in total. The molecule has 3 atom stereocenters. The first-order chi connectivity index (χ1) is 11.7. The van der Waals surface area contributed by atoms with Gasteiger partial charge in [0.2, 0.25) is 0 Å². The second-order valence-corrected chi connectivity index (χ2v) is 5.56. The fourth-order valence-corrected chi connectivity index (χ4v) is 3.02. The number of fused-ring (bicyclic) bond motifs is 1. The number of carbonyl (C=O) groups is 1.